The molecule has 1 N–H and O–H groups in total. The number of rotatable bonds is 2. The molecule has 1 aliphatic heterocycles. The third-order valence-corrected chi connectivity index (χ3v) is 3.40. The van der Waals surface area contributed by atoms with E-state index in [1.54, 1.807) is 12.1 Å². The molecule has 0 aliphatic carbocycles. The number of hydrogen-bond acceptors (Lipinski definition) is 2. The predicted molar refractivity (Wildman–Crippen MR) is 65.3 cm³/mol. The lowest BCUT2D eigenvalue weighted by atomic mass is 10.0. The van der Waals surface area contributed by atoms with Crippen molar-refractivity contribution in [3.63, 3.8) is 0 Å². The molecular formula is C13H19FN2. The summed E-state index contributed by atoms with van der Waals surface area (Å²) in [6, 6.07) is 7.88. The summed E-state index contributed by atoms with van der Waals surface area (Å²) in [5.74, 6) is -0.165. The van der Waals surface area contributed by atoms with E-state index in [9.17, 15) is 4.39 Å². The van der Waals surface area contributed by atoms with Crippen LogP contribution in [0.3, 0.4) is 0 Å². The van der Waals surface area contributed by atoms with Gasteiger partial charge in [0.25, 0.3) is 0 Å². The van der Waals surface area contributed by atoms with Crippen LogP contribution in [0.15, 0.2) is 24.3 Å². The van der Waals surface area contributed by atoms with E-state index < -0.39 is 0 Å². The molecule has 2 unspecified atom stereocenters. The fourth-order valence-electron chi connectivity index (χ4n) is 2.22. The van der Waals surface area contributed by atoms with E-state index in [2.05, 4.69) is 17.1 Å². The van der Waals surface area contributed by atoms with Crippen molar-refractivity contribution in [1.82, 2.24) is 5.32 Å². The van der Waals surface area contributed by atoms with Gasteiger partial charge in [0.05, 0.1) is 0 Å². The molecule has 2 nitrogen and oxygen atoms in total. The van der Waals surface area contributed by atoms with Crippen molar-refractivity contribution in [3.8, 4) is 0 Å². The van der Waals surface area contributed by atoms with Crippen LogP contribution in [0.4, 0.5) is 10.1 Å². The fourth-order valence-corrected chi connectivity index (χ4v) is 2.22. The van der Waals surface area contributed by atoms with E-state index in [0.717, 1.165) is 12.2 Å². The molecule has 88 valence electrons. The number of anilines is 1. The molecule has 0 bridgehead atoms. The minimum atomic E-state index is -0.165. The second-order valence-electron chi connectivity index (χ2n) is 4.63. The third-order valence-electron chi connectivity index (χ3n) is 3.40. The summed E-state index contributed by atoms with van der Waals surface area (Å²) in [5, 5.41) is 3.46. The van der Waals surface area contributed by atoms with Gasteiger partial charge in [-0.25, -0.2) is 4.39 Å². The van der Waals surface area contributed by atoms with Gasteiger partial charge in [0.1, 0.15) is 5.82 Å². The summed E-state index contributed by atoms with van der Waals surface area (Å²) in [6.07, 6.45) is 2.35. The lowest BCUT2D eigenvalue weighted by Gasteiger charge is -2.35. The quantitative estimate of drug-likeness (QED) is 0.826. The van der Waals surface area contributed by atoms with Crippen LogP contribution in [-0.2, 0) is 0 Å². The monoisotopic (exact) mass is 222 g/mol. The summed E-state index contributed by atoms with van der Waals surface area (Å²) in [4.78, 5) is 2.17. The summed E-state index contributed by atoms with van der Waals surface area (Å²) in [5.41, 5.74) is 0.960. The molecule has 0 aromatic heterocycles. The second-order valence-corrected chi connectivity index (χ2v) is 4.63. The maximum Gasteiger partial charge on any atom is 0.125 e. The Morgan fingerprint density at radius 3 is 2.81 bits per heavy atom. The summed E-state index contributed by atoms with van der Waals surface area (Å²) in [6.45, 7) is 3.19. The zero-order chi connectivity index (χ0) is 11.5. The largest absolute Gasteiger partial charge is 0.370 e. The molecule has 2 atom stereocenters. The predicted octanol–water partition coefficient (Wildman–Crippen LogP) is 2.40. The molecule has 0 spiro atoms. The third kappa shape index (κ3) is 2.53. The zero-order valence-electron chi connectivity index (χ0n) is 9.91. The van der Waals surface area contributed by atoms with Gasteiger partial charge in [0.2, 0.25) is 0 Å². The molecule has 1 fully saturated rings. The Bertz CT molecular complexity index is 346. The fraction of sp³-hybridized carbons (Fsp3) is 0.538. The van der Waals surface area contributed by atoms with Crippen LogP contribution >= 0.6 is 0 Å². The highest BCUT2D eigenvalue weighted by Crippen LogP contribution is 2.20. The standard InChI is InChI=1S/C13H19FN2/c1-10-6-7-13(9-15-10)16(2)12-5-3-4-11(14)8-12/h3-5,8,10,13,15H,6-7,9H2,1-2H3. The number of hydrogen-bond donors (Lipinski definition) is 1. The van der Waals surface area contributed by atoms with Crippen molar-refractivity contribution in [2.24, 2.45) is 0 Å². The van der Waals surface area contributed by atoms with Gasteiger partial charge in [0.15, 0.2) is 0 Å². The van der Waals surface area contributed by atoms with E-state index in [0.29, 0.717) is 12.1 Å². The second kappa shape index (κ2) is 4.83. The van der Waals surface area contributed by atoms with E-state index >= 15 is 0 Å². The topological polar surface area (TPSA) is 15.3 Å². The molecule has 0 saturated carbocycles. The van der Waals surface area contributed by atoms with E-state index in [1.807, 2.05) is 13.1 Å². The molecule has 0 radical (unpaired) electrons. The van der Waals surface area contributed by atoms with Gasteiger partial charge in [-0.3, -0.25) is 0 Å². The smallest absolute Gasteiger partial charge is 0.125 e. The molecule has 3 heteroatoms. The van der Waals surface area contributed by atoms with E-state index in [1.165, 1.54) is 18.9 Å². The lowest BCUT2D eigenvalue weighted by Crippen LogP contribution is -2.47. The van der Waals surface area contributed by atoms with Crippen LogP contribution in [0.2, 0.25) is 0 Å². The Hall–Kier alpha value is -1.09. The minimum absolute atomic E-state index is 0.165. The van der Waals surface area contributed by atoms with Crippen LogP contribution in [0.25, 0.3) is 0 Å². The van der Waals surface area contributed by atoms with Gasteiger partial charge in [-0.05, 0) is 38.0 Å². The zero-order valence-corrected chi connectivity index (χ0v) is 9.91. The average molecular weight is 222 g/mol. The molecule has 1 aromatic rings. The number of likely N-dealkylation sites (N-methyl/N-ethyl adjacent to an activating group) is 1. The van der Waals surface area contributed by atoms with Crippen LogP contribution in [0.5, 0.6) is 0 Å². The molecule has 2 rings (SSSR count). The molecule has 16 heavy (non-hydrogen) atoms. The number of nitrogens with one attached hydrogen (secondary N) is 1. The van der Waals surface area contributed by atoms with Gasteiger partial charge in [-0.2, -0.15) is 0 Å². The van der Waals surface area contributed by atoms with Gasteiger partial charge < -0.3 is 10.2 Å². The first-order chi connectivity index (χ1) is 7.66. The van der Waals surface area contributed by atoms with Crippen molar-refractivity contribution in [2.45, 2.75) is 31.8 Å². The SMILES string of the molecule is CC1CCC(N(C)c2cccc(F)c2)CN1. The van der Waals surface area contributed by atoms with Crippen molar-refractivity contribution in [2.75, 3.05) is 18.5 Å². The lowest BCUT2D eigenvalue weighted by molar-refractivity contribution is 0.376. The number of benzene rings is 1. The Balaban J connectivity index is 2.04. The summed E-state index contributed by atoms with van der Waals surface area (Å²) >= 11 is 0. The van der Waals surface area contributed by atoms with Crippen molar-refractivity contribution < 1.29 is 4.39 Å². The minimum Gasteiger partial charge on any atom is -0.370 e. The average Bonchev–Trinajstić information content (AvgIpc) is 2.29. The van der Waals surface area contributed by atoms with E-state index in [-0.39, 0.29) is 5.82 Å². The Kier molecular flexibility index (Phi) is 3.44. The van der Waals surface area contributed by atoms with Crippen molar-refractivity contribution in [3.05, 3.63) is 30.1 Å². The highest BCUT2D eigenvalue weighted by Gasteiger charge is 2.21. The first kappa shape index (κ1) is 11.4. The van der Waals surface area contributed by atoms with Gasteiger partial charge in [0, 0.05) is 31.4 Å². The van der Waals surface area contributed by atoms with Gasteiger partial charge in [-0.1, -0.05) is 6.07 Å². The Morgan fingerprint density at radius 1 is 1.38 bits per heavy atom. The molecule has 1 heterocycles. The Labute approximate surface area is 96.5 Å². The first-order valence-electron chi connectivity index (χ1n) is 5.88. The Morgan fingerprint density at radius 2 is 2.19 bits per heavy atom. The van der Waals surface area contributed by atoms with E-state index in [4.69, 9.17) is 0 Å². The summed E-state index contributed by atoms with van der Waals surface area (Å²) < 4.78 is 13.1. The van der Waals surface area contributed by atoms with Crippen LogP contribution in [0.1, 0.15) is 19.8 Å². The molecular weight excluding hydrogens is 203 g/mol. The number of halogens is 1. The normalized spacial score (nSPS) is 25.4. The number of piperidine rings is 1. The van der Waals surface area contributed by atoms with Crippen molar-refractivity contribution >= 4 is 5.69 Å². The van der Waals surface area contributed by atoms with Crippen LogP contribution in [-0.4, -0.2) is 25.7 Å². The molecule has 1 saturated heterocycles. The van der Waals surface area contributed by atoms with Crippen LogP contribution in [0, 0.1) is 5.82 Å². The maximum atomic E-state index is 13.1. The van der Waals surface area contributed by atoms with Crippen molar-refractivity contribution in [1.29, 1.82) is 0 Å². The van der Waals surface area contributed by atoms with Gasteiger partial charge in [-0.15, -0.1) is 0 Å². The highest BCUT2D eigenvalue weighted by atomic mass is 19.1. The highest BCUT2D eigenvalue weighted by molar-refractivity contribution is 5.46. The maximum absolute atomic E-state index is 13.1. The van der Waals surface area contributed by atoms with Gasteiger partial charge >= 0.3 is 0 Å². The number of nitrogens with zero attached hydrogens (tertiary/aromatic N) is 1. The molecule has 0 amide bonds. The molecule has 1 aromatic carbocycles. The summed E-state index contributed by atoms with van der Waals surface area (Å²) in [7, 11) is 2.04. The first-order valence-corrected chi connectivity index (χ1v) is 5.88. The van der Waals surface area contributed by atoms with Crippen LogP contribution < -0.4 is 10.2 Å². The molecule has 1 aliphatic rings.